The molecule has 0 saturated heterocycles. The molecule has 2 heterocycles. The van der Waals surface area contributed by atoms with Gasteiger partial charge in [-0.1, -0.05) is 0 Å². The van der Waals surface area contributed by atoms with Crippen LogP contribution >= 0.6 is 0 Å². The molecular formula is C10F4N4Se2. The van der Waals surface area contributed by atoms with Crippen LogP contribution in [0.15, 0.2) is 0 Å². The van der Waals surface area contributed by atoms with Crippen LogP contribution in [0, 0.1) is 23.3 Å². The molecule has 0 aliphatic heterocycles. The molecule has 4 aromatic rings. The van der Waals surface area contributed by atoms with Crippen LogP contribution in [0.3, 0.4) is 0 Å². The number of fused-ring (bicyclic) bond motifs is 5. The molecule has 0 fully saturated rings. The summed E-state index contributed by atoms with van der Waals surface area (Å²) in [4.78, 5) is 0. The third-order valence-electron chi connectivity index (χ3n) is 2.94. The number of hydrogen-bond acceptors (Lipinski definition) is 4. The molecular weight excluding hydrogens is 410 g/mol. The van der Waals surface area contributed by atoms with Crippen molar-refractivity contribution in [2.24, 2.45) is 0 Å². The van der Waals surface area contributed by atoms with E-state index in [9.17, 15) is 17.6 Å². The van der Waals surface area contributed by atoms with E-state index in [-0.39, 0.29) is 22.1 Å². The van der Waals surface area contributed by atoms with Crippen LogP contribution in [0.5, 0.6) is 0 Å². The van der Waals surface area contributed by atoms with Crippen LogP contribution < -0.4 is 0 Å². The van der Waals surface area contributed by atoms with Gasteiger partial charge in [0.15, 0.2) is 0 Å². The van der Waals surface area contributed by atoms with Gasteiger partial charge in [-0.15, -0.1) is 0 Å². The number of halogens is 4. The Hall–Kier alpha value is -1.34. The number of nitrogens with zero attached hydrogens (tertiary/aromatic N) is 4. The zero-order valence-corrected chi connectivity index (χ0v) is 12.5. The van der Waals surface area contributed by atoms with Gasteiger partial charge in [0, 0.05) is 0 Å². The van der Waals surface area contributed by atoms with Crippen LogP contribution in [0.2, 0.25) is 0 Å². The number of hydrogen-bond donors (Lipinski definition) is 0. The van der Waals surface area contributed by atoms with Crippen molar-refractivity contribution in [2.75, 3.05) is 0 Å². The van der Waals surface area contributed by atoms with E-state index in [0.717, 1.165) is 0 Å². The van der Waals surface area contributed by atoms with Crippen molar-refractivity contribution in [1.82, 2.24) is 15.9 Å². The van der Waals surface area contributed by atoms with Crippen LogP contribution in [0.25, 0.3) is 32.8 Å². The summed E-state index contributed by atoms with van der Waals surface area (Å²) >= 11 is -1.39. The Morgan fingerprint density at radius 2 is 0.850 bits per heavy atom. The van der Waals surface area contributed by atoms with Crippen molar-refractivity contribution >= 4 is 62.8 Å². The Balaban J connectivity index is 2.49. The van der Waals surface area contributed by atoms with Gasteiger partial charge in [0.1, 0.15) is 0 Å². The Labute approximate surface area is 119 Å². The Bertz CT molecular complexity index is 927. The van der Waals surface area contributed by atoms with E-state index in [1.54, 1.807) is 0 Å². The molecule has 0 aliphatic carbocycles. The van der Waals surface area contributed by atoms with Gasteiger partial charge in [0.05, 0.1) is 0 Å². The first kappa shape index (κ1) is 12.4. The molecule has 20 heavy (non-hydrogen) atoms. The van der Waals surface area contributed by atoms with Gasteiger partial charge in [-0.05, 0) is 0 Å². The van der Waals surface area contributed by atoms with Crippen LogP contribution in [-0.4, -0.2) is 45.8 Å². The average molecular weight is 410 g/mol. The second kappa shape index (κ2) is 4.08. The first-order valence-electron chi connectivity index (χ1n) is 5.13. The third-order valence-corrected chi connectivity index (χ3v) is 5.16. The summed E-state index contributed by atoms with van der Waals surface area (Å²) in [5, 5.41) is -0.815. The third kappa shape index (κ3) is 1.37. The number of aromatic nitrogens is 4. The van der Waals surface area contributed by atoms with E-state index in [2.05, 4.69) is 15.9 Å². The molecule has 0 radical (unpaired) electrons. The maximum atomic E-state index is 14.2. The van der Waals surface area contributed by atoms with Crippen LogP contribution in [0.4, 0.5) is 17.6 Å². The van der Waals surface area contributed by atoms with Gasteiger partial charge in [0.2, 0.25) is 0 Å². The summed E-state index contributed by atoms with van der Waals surface area (Å²) in [7, 11) is 0. The average Bonchev–Trinajstić information content (AvgIpc) is 3.08. The SMILES string of the molecule is Fc1c(F)c2c3n[se]nc3c(F)c(F)c2c2n[se]nc12. The summed E-state index contributed by atoms with van der Waals surface area (Å²) in [5.41, 5.74) is -0.997. The van der Waals surface area contributed by atoms with E-state index in [1.807, 2.05) is 0 Å². The monoisotopic (exact) mass is 412 g/mol. The molecule has 4 rings (SSSR count). The molecule has 0 saturated carbocycles. The normalized spacial score (nSPS) is 12.0. The van der Waals surface area contributed by atoms with Gasteiger partial charge in [-0.25, -0.2) is 0 Å². The first-order chi connectivity index (χ1) is 9.61. The zero-order chi connectivity index (χ0) is 14.0. The minimum absolute atomic E-state index is 0.146. The van der Waals surface area contributed by atoms with Gasteiger partial charge >= 0.3 is 120 Å². The minimum atomic E-state index is -1.29. The topological polar surface area (TPSA) is 51.6 Å². The molecule has 4 nitrogen and oxygen atoms in total. The molecule has 0 unspecified atom stereocenters. The predicted octanol–water partition coefficient (Wildman–Crippen LogP) is 1.40. The van der Waals surface area contributed by atoms with E-state index in [1.165, 1.54) is 0 Å². The van der Waals surface area contributed by atoms with Crippen molar-refractivity contribution in [3.05, 3.63) is 23.3 Å². The fourth-order valence-corrected chi connectivity index (χ4v) is 4.39. The van der Waals surface area contributed by atoms with Crippen molar-refractivity contribution in [3.63, 3.8) is 0 Å². The van der Waals surface area contributed by atoms with E-state index in [4.69, 9.17) is 0 Å². The van der Waals surface area contributed by atoms with Crippen molar-refractivity contribution in [3.8, 4) is 0 Å². The van der Waals surface area contributed by atoms with Gasteiger partial charge in [0.25, 0.3) is 0 Å². The van der Waals surface area contributed by atoms with Crippen molar-refractivity contribution < 1.29 is 17.6 Å². The quantitative estimate of drug-likeness (QED) is 0.325. The van der Waals surface area contributed by atoms with Crippen molar-refractivity contribution in [1.29, 1.82) is 0 Å². The van der Waals surface area contributed by atoms with E-state index in [0.29, 0.717) is 0 Å². The second-order valence-corrected chi connectivity index (χ2v) is 6.15. The second-order valence-electron chi connectivity index (χ2n) is 3.93. The number of benzene rings is 2. The number of rotatable bonds is 0. The molecule has 0 bridgehead atoms. The standard InChI is InChI=1S/C10F4N4Se2/c11-3-1-2(8-10(5(3)13)18-20-16-8)4(12)6(14)9-7(1)15-19-17-9. The first-order valence-corrected chi connectivity index (χ1v) is 8.20. The molecule has 0 aliphatic rings. The van der Waals surface area contributed by atoms with Crippen LogP contribution in [0.1, 0.15) is 0 Å². The molecule has 0 spiro atoms. The summed E-state index contributed by atoms with van der Waals surface area (Å²) in [6, 6.07) is 0. The maximum absolute atomic E-state index is 14.2. The molecule has 2 aromatic carbocycles. The Kier molecular flexibility index (Phi) is 2.53. The molecule has 2 aromatic heterocycles. The molecule has 10 heteroatoms. The fraction of sp³-hybridized carbons (Fsp3) is 0. The summed E-state index contributed by atoms with van der Waals surface area (Å²) in [6.45, 7) is 0. The van der Waals surface area contributed by atoms with E-state index < -0.39 is 64.0 Å². The molecule has 0 amide bonds. The van der Waals surface area contributed by atoms with Gasteiger partial charge < -0.3 is 0 Å². The fourth-order valence-electron chi connectivity index (χ4n) is 2.08. The summed E-state index contributed by atoms with van der Waals surface area (Å²) in [5.74, 6) is -5.00. The van der Waals surface area contributed by atoms with Crippen molar-refractivity contribution in [2.45, 2.75) is 0 Å². The Morgan fingerprint density at radius 3 is 1.25 bits per heavy atom. The molecule has 100 valence electrons. The Morgan fingerprint density at radius 1 is 0.500 bits per heavy atom. The van der Waals surface area contributed by atoms with Gasteiger partial charge in [-0.3, -0.25) is 0 Å². The van der Waals surface area contributed by atoms with E-state index >= 15 is 0 Å². The van der Waals surface area contributed by atoms with Crippen LogP contribution in [-0.2, 0) is 0 Å². The molecule has 0 N–H and O–H groups in total. The van der Waals surface area contributed by atoms with Gasteiger partial charge in [-0.2, -0.15) is 0 Å². The summed E-state index contributed by atoms with van der Waals surface area (Å²) < 4.78 is 71.4. The predicted molar refractivity (Wildman–Crippen MR) is 63.9 cm³/mol. The summed E-state index contributed by atoms with van der Waals surface area (Å²) in [6.07, 6.45) is 0. The zero-order valence-electron chi connectivity index (χ0n) is 9.12. The molecule has 0 atom stereocenters.